The predicted octanol–water partition coefficient (Wildman–Crippen LogP) is 9.36. The summed E-state index contributed by atoms with van der Waals surface area (Å²) in [5.41, 5.74) is 0.223. The minimum atomic E-state index is -4.60. The van der Waals surface area contributed by atoms with Crippen LogP contribution in [-0.2, 0) is 11.2 Å². The van der Waals surface area contributed by atoms with Crippen LogP contribution in [0.2, 0.25) is 5.02 Å². The van der Waals surface area contributed by atoms with Gasteiger partial charge in [0.1, 0.15) is 11.5 Å². The van der Waals surface area contributed by atoms with E-state index in [1.54, 1.807) is 13.0 Å². The largest absolute Gasteiger partial charge is 0.490 e. The molecule has 234 valence electrons. The van der Waals surface area contributed by atoms with Crippen LogP contribution in [0.5, 0.6) is 11.5 Å². The fourth-order valence-electron chi connectivity index (χ4n) is 4.05. The number of hydrogen-bond donors (Lipinski definition) is 1. The third-order valence-electron chi connectivity index (χ3n) is 6.14. The average Bonchev–Trinajstić information content (AvgIpc) is 2.93. The molecule has 1 atom stereocenters. The first kappa shape index (κ1) is 36.8. The van der Waals surface area contributed by atoms with E-state index in [0.717, 1.165) is 16.4 Å². The van der Waals surface area contributed by atoms with Gasteiger partial charge < -0.3 is 14.6 Å². The molecule has 2 aromatic rings. The summed E-state index contributed by atoms with van der Waals surface area (Å²) in [5, 5.41) is 9.49. The zero-order valence-corrected chi connectivity index (χ0v) is 26.4. The van der Waals surface area contributed by atoms with Gasteiger partial charge in [-0.15, -0.1) is 0 Å². The van der Waals surface area contributed by atoms with Crippen LogP contribution in [0.1, 0.15) is 73.3 Å². The number of rotatable bonds is 10. The van der Waals surface area contributed by atoms with Crippen molar-refractivity contribution in [3.63, 3.8) is 0 Å². The number of ether oxygens (including phenoxy) is 2. The van der Waals surface area contributed by atoms with E-state index < -0.39 is 23.8 Å². The Bertz CT molecular complexity index is 1170. The Morgan fingerprint density at radius 2 is 1.57 bits per heavy atom. The van der Waals surface area contributed by atoms with Gasteiger partial charge in [-0.05, 0) is 68.7 Å². The van der Waals surface area contributed by atoms with Crippen molar-refractivity contribution in [1.29, 1.82) is 0 Å². The van der Waals surface area contributed by atoms with Crippen LogP contribution >= 0.6 is 11.6 Å². The molecule has 42 heavy (non-hydrogen) atoms. The molecule has 0 aromatic heterocycles. The lowest BCUT2D eigenvalue weighted by atomic mass is 9.99. The maximum absolute atomic E-state index is 13.8. The highest BCUT2D eigenvalue weighted by atomic mass is 35.5. The number of alkyl halides is 3. The van der Waals surface area contributed by atoms with Crippen molar-refractivity contribution in [2.75, 3.05) is 24.7 Å². The van der Waals surface area contributed by atoms with E-state index in [0.29, 0.717) is 35.9 Å². The Kier molecular flexibility index (Phi) is 16.1. The summed E-state index contributed by atoms with van der Waals surface area (Å²) in [4.78, 5) is 16.4. The van der Waals surface area contributed by atoms with Crippen LogP contribution in [0.4, 0.5) is 18.9 Å². The van der Waals surface area contributed by atoms with Crippen molar-refractivity contribution in [3.05, 3.63) is 64.3 Å². The van der Waals surface area contributed by atoms with Gasteiger partial charge in [-0.3, -0.25) is 14.7 Å². The Morgan fingerprint density at radius 3 is 2.00 bits per heavy atom. The number of aliphatic imine (C=N–C) groups is 1. The molecule has 0 saturated carbocycles. The molecule has 2 aromatic carbocycles. The number of amidine groups is 1. The Morgan fingerprint density at radius 1 is 1.02 bits per heavy atom. The summed E-state index contributed by atoms with van der Waals surface area (Å²) >= 11 is 6.00. The van der Waals surface area contributed by atoms with E-state index in [4.69, 9.17) is 26.2 Å². The first-order valence-corrected chi connectivity index (χ1v) is 14.7. The van der Waals surface area contributed by atoms with Crippen LogP contribution in [0.15, 0.2) is 58.7 Å². The van der Waals surface area contributed by atoms with Crippen molar-refractivity contribution in [2.45, 2.75) is 80.3 Å². The highest BCUT2D eigenvalue weighted by molar-refractivity contribution is 6.30. The summed E-state index contributed by atoms with van der Waals surface area (Å²) in [5.74, 6) is -0.0313. The molecule has 1 N–H and O–H groups in total. The summed E-state index contributed by atoms with van der Waals surface area (Å²) in [7, 11) is 0. The molecule has 0 amide bonds. The van der Waals surface area contributed by atoms with Crippen molar-refractivity contribution >= 4 is 29.1 Å². The van der Waals surface area contributed by atoms with Crippen LogP contribution in [0.3, 0.4) is 0 Å². The van der Waals surface area contributed by atoms with Gasteiger partial charge in [0.2, 0.25) is 0 Å². The fourth-order valence-corrected chi connectivity index (χ4v) is 4.24. The quantitative estimate of drug-likeness (QED) is 0.289. The van der Waals surface area contributed by atoms with Gasteiger partial charge in [-0.1, -0.05) is 64.3 Å². The molecule has 0 bridgehead atoms. The highest BCUT2D eigenvalue weighted by Crippen LogP contribution is 2.40. The second kappa shape index (κ2) is 18.4. The third kappa shape index (κ3) is 11.2. The fraction of sp³-hybridized carbons (Fsp3) is 0.500. The number of para-hydroxylation sites is 2. The molecule has 10 heteroatoms. The number of carboxylic acid groups (broad SMARTS) is 1. The van der Waals surface area contributed by atoms with E-state index in [9.17, 15) is 18.0 Å². The van der Waals surface area contributed by atoms with Gasteiger partial charge in [-0.2, -0.15) is 13.2 Å². The lowest BCUT2D eigenvalue weighted by molar-refractivity contribution is -0.137. The van der Waals surface area contributed by atoms with Gasteiger partial charge >= 0.3 is 12.1 Å². The van der Waals surface area contributed by atoms with E-state index in [1.807, 2.05) is 45.0 Å². The number of hydrogen-bond acceptors (Lipinski definition) is 5. The van der Waals surface area contributed by atoms with Gasteiger partial charge in [0, 0.05) is 10.9 Å². The number of halogens is 4. The smallest absolute Gasteiger partial charge is 0.431 e. The molecule has 0 aliphatic carbocycles. The number of allylic oxidation sites excluding steroid dienone is 1. The molecule has 1 aliphatic rings. The minimum Gasteiger partial charge on any atom is -0.490 e. The maximum Gasteiger partial charge on any atom is 0.431 e. The average molecular weight is 613 g/mol. The number of nitrogens with zero attached hydrogens (tertiary/aromatic N) is 2. The number of unbranched alkanes of at least 4 members (excludes halogenated alkanes) is 1. The minimum absolute atomic E-state index is 0.0841. The Balaban J connectivity index is 0.000000455. The van der Waals surface area contributed by atoms with Gasteiger partial charge in [0.05, 0.1) is 31.9 Å². The molecular weight excluding hydrogens is 569 g/mol. The summed E-state index contributed by atoms with van der Waals surface area (Å²) in [6.07, 6.45) is -1.80. The van der Waals surface area contributed by atoms with Crippen LogP contribution in [-0.4, -0.2) is 42.8 Å². The normalized spacial score (nSPS) is 13.7. The molecule has 0 unspecified atom stereocenters. The van der Waals surface area contributed by atoms with E-state index in [-0.39, 0.29) is 24.4 Å². The first-order chi connectivity index (χ1) is 19.9. The van der Waals surface area contributed by atoms with Crippen molar-refractivity contribution < 1.29 is 32.5 Å². The predicted molar refractivity (Wildman–Crippen MR) is 165 cm³/mol. The van der Waals surface area contributed by atoms with Crippen molar-refractivity contribution in [1.82, 2.24) is 0 Å². The lowest BCUT2D eigenvalue weighted by Crippen LogP contribution is -2.44. The Labute approximate surface area is 253 Å². The molecule has 1 heterocycles. The van der Waals surface area contributed by atoms with Gasteiger partial charge in [0.15, 0.2) is 11.5 Å². The lowest BCUT2D eigenvalue weighted by Gasteiger charge is -2.37. The molecule has 6 nitrogen and oxygen atoms in total. The second-order valence-electron chi connectivity index (χ2n) is 9.57. The topological polar surface area (TPSA) is 71.4 Å². The number of carboxylic acids is 1. The number of anilines is 1. The molecule has 0 saturated heterocycles. The molecular formula is C32H44ClF3N2O4. The number of benzene rings is 2. The molecule has 1 aliphatic heterocycles. The SMILES string of the molecule is CCCC.CCOc1ccccc1OCC.CCc1cc(Cl)ccc1N1C([C@@H](C)CC(=O)O)=NCC(C)=C1C(F)(F)F. The van der Waals surface area contributed by atoms with E-state index in [1.165, 1.54) is 31.9 Å². The number of carbonyl (C=O) groups is 1. The highest BCUT2D eigenvalue weighted by Gasteiger charge is 2.44. The van der Waals surface area contributed by atoms with E-state index >= 15 is 0 Å². The molecule has 0 fully saturated rings. The van der Waals surface area contributed by atoms with Crippen LogP contribution in [0.25, 0.3) is 0 Å². The number of aliphatic carboxylic acids is 1. The molecule has 3 rings (SSSR count). The van der Waals surface area contributed by atoms with Gasteiger partial charge in [-0.25, -0.2) is 0 Å². The first-order valence-electron chi connectivity index (χ1n) is 14.3. The standard InChI is InChI=1S/C18H20ClF3N2O2.C10H14O2.C4H10/c1-4-12-8-13(19)5-6-14(12)24-16(18(20,21)22)11(3)9-23-17(24)10(2)7-15(25)26;1-3-11-9-7-5-6-8-10(9)12-4-2;1-3-4-2/h5-6,8,10H,4,7,9H2,1-3H3,(H,25,26);5-8H,3-4H2,1-2H3;3-4H2,1-2H3/t10-;;/m0../s1. The summed E-state index contributed by atoms with van der Waals surface area (Å²) in [6, 6.07) is 12.4. The van der Waals surface area contributed by atoms with Crippen molar-refractivity contribution in [3.8, 4) is 11.5 Å². The van der Waals surface area contributed by atoms with Gasteiger partial charge in [0.25, 0.3) is 0 Å². The van der Waals surface area contributed by atoms with Crippen LogP contribution < -0.4 is 14.4 Å². The molecule has 0 spiro atoms. The second-order valence-corrected chi connectivity index (χ2v) is 10.0. The summed E-state index contributed by atoms with van der Waals surface area (Å²) < 4.78 is 52.3. The number of aryl methyl sites for hydroxylation is 1. The zero-order valence-electron chi connectivity index (χ0n) is 25.6. The van der Waals surface area contributed by atoms with Crippen molar-refractivity contribution in [2.24, 2.45) is 10.9 Å². The molecule has 0 radical (unpaired) electrons. The monoisotopic (exact) mass is 612 g/mol. The third-order valence-corrected chi connectivity index (χ3v) is 6.37. The van der Waals surface area contributed by atoms with E-state index in [2.05, 4.69) is 18.8 Å². The zero-order chi connectivity index (χ0) is 31.9. The maximum atomic E-state index is 13.8. The summed E-state index contributed by atoms with van der Waals surface area (Å²) in [6.45, 7) is 14.3. The van der Waals surface area contributed by atoms with Crippen LogP contribution in [0, 0.1) is 5.92 Å². The Hall–Kier alpha value is -3.20.